The summed E-state index contributed by atoms with van der Waals surface area (Å²) < 4.78 is 9.73. The van der Waals surface area contributed by atoms with Gasteiger partial charge in [-0.3, -0.25) is 4.79 Å². The fourth-order valence-corrected chi connectivity index (χ4v) is 3.31. The molecule has 2 rings (SSSR count). The molecule has 0 amide bonds. The number of ether oxygens (including phenoxy) is 2. The molecule has 0 aromatic heterocycles. The molecule has 5 heteroatoms. The number of thioether (sulfide) groups is 1. The van der Waals surface area contributed by atoms with Crippen LogP contribution in [0.3, 0.4) is 0 Å². The van der Waals surface area contributed by atoms with Crippen LogP contribution in [0.5, 0.6) is 11.5 Å². The summed E-state index contributed by atoms with van der Waals surface area (Å²) >= 11 is 1.38. The van der Waals surface area contributed by atoms with Crippen molar-refractivity contribution in [3.8, 4) is 11.5 Å². The molecule has 0 atom stereocenters. The summed E-state index contributed by atoms with van der Waals surface area (Å²) in [5, 5.41) is 9.32. The van der Waals surface area contributed by atoms with Gasteiger partial charge in [-0.1, -0.05) is 0 Å². The molecule has 0 bridgehead atoms. The zero-order valence-corrected chi connectivity index (χ0v) is 11.3. The molecule has 98 valence electrons. The topological polar surface area (TPSA) is 55.8 Å². The highest BCUT2D eigenvalue weighted by molar-refractivity contribution is 8.01. The van der Waals surface area contributed by atoms with E-state index in [1.165, 1.54) is 11.8 Å². The van der Waals surface area contributed by atoms with Gasteiger partial charge in [0.05, 0.1) is 19.1 Å². The summed E-state index contributed by atoms with van der Waals surface area (Å²) in [5.41, 5.74) is 0. The highest BCUT2D eigenvalue weighted by atomic mass is 32.2. The lowest BCUT2D eigenvalue weighted by Crippen LogP contribution is -2.41. The van der Waals surface area contributed by atoms with Crippen molar-refractivity contribution in [3.63, 3.8) is 0 Å². The van der Waals surface area contributed by atoms with Crippen LogP contribution < -0.4 is 9.47 Å². The molecule has 0 radical (unpaired) electrons. The molecule has 4 nitrogen and oxygen atoms in total. The monoisotopic (exact) mass is 268 g/mol. The Morgan fingerprint density at radius 3 is 2.50 bits per heavy atom. The fraction of sp³-hybridized carbons (Fsp3) is 0.462. The van der Waals surface area contributed by atoms with Crippen LogP contribution in [0.15, 0.2) is 23.1 Å². The standard InChI is InChI=1S/C13H16O4S/c1-16-9-4-5-11(10(8-9)17-2)18-13(12(14)15)6-3-7-13/h4-5,8H,3,6-7H2,1-2H3,(H,14,15). The Kier molecular flexibility index (Phi) is 3.71. The highest BCUT2D eigenvalue weighted by Gasteiger charge is 2.45. The van der Waals surface area contributed by atoms with E-state index in [4.69, 9.17) is 9.47 Å². The van der Waals surface area contributed by atoms with Crippen LogP contribution in [0.25, 0.3) is 0 Å². The minimum absolute atomic E-state index is 0.659. The van der Waals surface area contributed by atoms with Gasteiger partial charge >= 0.3 is 5.97 Å². The van der Waals surface area contributed by atoms with E-state index in [2.05, 4.69) is 0 Å². The summed E-state index contributed by atoms with van der Waals surface area (Å²) in [4.78, 5) is 12.2. The van der Waals surface area contributed by atoms with Gasteiger partial charge in [0.25, 0.3) is 0 Å². The van der Waals surface area contributed by atoms with Crippen LogP contribution in [0, 0.1) is 0 Å². The Labute approximate surface area is 110 Å². The number of methoxy groups -OCH3 is 2. The third kappa shape index (κ3) is 2.27. The molecule has 1 aliphatic carbocycles. The van der Waals surface area contributed by atoms with Gasteiger partial charge in [-0.25, -0.2) is 0 Å². The van der Waals surface area contributed by atoms with Gasteiger partial charge in [0.15, 0.2) is 0 Å². The smallest absolute Gasteiger partial charge is 0.320 e. The van der Waals surface area contributed by atoms with Gasteiger partial charge in [-0.2, -0.15) is 0 Å². The van der Waals surface area contributed by atoms with Crippen molar-refractivity contribution < 1.29 is 19.4 Å². The maximum absolute atomic E-state index is 11.3. The molecule has 1 aromatic rings. The van der Waals surface area contributed by atoms with Crippen LogP contribution in [0.2, 0.25) is 0 Å². The molecule has 1 aromatic carbocycles. The van der Waals surface area contributed by atoms with Gasteiger partial charge in [0, 0.05) is 6.07 Å². The van der Waals surface area contributed by atoms with E-state index in [0.717, 1.165) is 11.3 Å². The SMILES string of the molecule is COc1ccc(SC2(C(=O)O)CCC2)c(OC)c1. The maximum Gasteiger partial charge on any atom is 0.320 e. The zero-order chi connectivity index (χ0) is 13.2. The van der Waals surface area contributed by atoms with Gasteiger partial charge in [-0.15, -0.1) is 11.8 Å². The first-order valence-corrected chi connectivity index (χ1v) is 6.57. The van der Waals surface area contributed by atoms with Crippen molar-refractivity contribution in [1.29, 1.82) is 0 Å². The summed E-state index contributed by atoms with van der Waals surface area (Å²) in [7, 11) is 3.17. The first kappa shape index (κ1) is 13.1. The lowest BCUT2D eigenvalue weighted by Gasteiger charge is -2.37. The van der Waals surface area contributed by atoms with Crippen molar-refractivity contribution in [2.45, 2.75) is 28.9 Å². The average Bonchev–Trinajstić information content (AvgIpc) is 2.33. The minimum Gasteiger partial charge on any atom is -0.497 e. The van der Waals surface area contributed by atoms with E-state index in [1.807, 2.05) is 12.1 Å². The summed E-state index contributed by atoms with van der Waals surface area (Å²) in [6, 6.07) is 5.45. The number of benzene rings is 1. The number of aliphatic carboxylic acids is 1. The molecule has 0 saturated heterocycles. The fourth-order valence-electron chi connectivity index (χ4n) is 1.93. The number of hydrogen-bond donors (Lipinski definition) is 1. The second-order valence-corrected chi connectivity index (χ2v) is 5.70. The van der Waals surface area contributed by atoms with Gasteiger partial charge < -0.3 is 14.6 Å². The number of rotatable bonds is 5. The van der Waals surface area contributed by atoms with E-state index in [1.54, 1.807) is 20.3 Å². The number of carbonyl (C=O) groups is 1. The van der Waals surface area contributed by atoms with Crippen LogP contribution in [0.4, 0.5) is 0 Å². The lowest BCUT2D eigenvalue weighted by molar-refractivity contribution is -0.142. The molecule has 18 heavy (non-hydrogen) atoms. The van der Waals surface area contributed by atoms with Crippen LogP contribution >= 0.6 is 11.8 Å². The highest BCUT2D eigenvalue weighted by Crippen LogP contribution is 2.50. The Morgan fingerprint density at radius 1 is 1.33 bits per heavy atom. The Bertz CT molecular complexity index is 454. The van der Waals surface area contributed by atoms with Gasteiger partial charge in [0.2, 0.25) is 0 Å². The van der Waals surface area contributed by atoms with E-state index in [9.17, 15) is 9.90 Å². The summed E-state index contributed by atoms with van der Waals surface area (Å²) in [6.07, 6.45) is 2.39. The first-order valence-electron chi connectivity index (χ1n) is 5.76. The molecule has 1 saturated carbocycles. The predicted octanol–water partition coefficient (Wildman–Crippen LogP) is 2.80. The van der Waals surface area contributed by atoms with E-state index < -0.39 is 10.7 Å². The molecule has 1 aliphatic rings. The third-order valence-electron chi connectivity index (χ3n) is 3.23. The third-order valence-corrected chi connectivity index (χ3v) is 4.76. The van der Waals surface area contributed by atoms with Crippen molar-refractivity contribution in [3.05, 3.63) is 18.2 Å². The Hall–Kier alpha value is -1.36. The maximum atomic E-state index is 11.3. The summed E-state index contributed by atoms with van der Waals surface area (Å²) in [5.74, 6) is 0.623. The largest absolute Gasteiger partial charge is 0.497 e. The summed E-state index contributed by atoms with van der Waals surface area (Å²) in [6.45, 7) is 0. The first-order chi connectivity index (χ1) is 8.61. The van der Waals surface area contributed by atoms with Crippen molar-refractivity contribution >= 4 is 17.7 Å². The van der Waals surface area contributed by atoms with Crippen LogP contribution in [0.1, 0.15) is 19.3 Å². The Morgan fingerprint density at radius 2 is 2.06 bits per heavy atom. The average molecular weight is 268 g/mol. The lowest BCUT2D eigenvalue weighted by atomic mass is 9.84. The molecule has 0 aliphatic heterocycles. The van der Waals surface area contributed by atoms with E-state index >= 15 is 0 Å². The quantitative estimate of drug-likeness (QED) is 0.890. The zero-order valence-electron chi connectivity index (χ0n) is 10.4. The Balaban J connectivity index is 2.25. The second-order valence-electron chi connectivity index (χ2n) is 4.27. The van der Waals surface area contributed by atoms with Gasteiger partial charge in [0.1, 0.15) is 16.2 Å². The van der Waals surface area contributed by atoms with Crippen LogP contribution in [-0.4, -0.2) is 30.0 Å². The number of carboxylic acid groups (broad SMARTS) is 1. The molecule has 0 spiro atoms. The van der Waals surface area contributed by atoms with Crippen molar-refractivity contribution in [1.82, 2.24) is 0 Å². The number of carboxylic acids is 1. The molecule has 1 fully saturated rings. The van der Waals surface area contributed by atoms with E-state index in [0.29, 0.717) is 24.3 Å². The molecular weight excluding hydrogens is 252 g/mol. The van der Waals surface area contributed by atoms with Gasteiger partial charge in [-0.05, 0) is 31.4 Å². The molecule has 1 N–H and O–H groups in total. The number of hydrogen-bond acceptors (Lipinski definition) is 4. The minimum atomic E-state index is -0.739. The van der Waals surface area contributed by atoms with Crippen molar-refractivity contribution in [2.24, 2.45) is 0 Å². The van der Waals surface area contributed by atoms with Crippen molar-refractivity contribution in [2.75, 3.05) is 14.2 Å². The van der Waals surface area contributed by atoms with Crippen LogP contribution in [-0.2, 0) is 4.79 Å². The normalized spacial score (nSPS) is 16.8. The molecule has 0 heterocycles. The molecular formula is C13H16O4S. The predicted molar refractivity (Wildman–Crippen MR) is 69.6 cm³/mol. The second kappa shape index (κ2) is 5.10. The van der Waals surface area contributed by atoms with E-state index in [-0.39, 0.29) is 0 Å². The molecule has 0 unspecified atom stereocenters.